The minimum atomic E-state index is -2.88. The van der Waals surface area contributed by atoms with Crippen LogP contribution in [-0.2, 0) is 0 Å². The molecule has 1 aliphatic carbocycles. The fraction of sp³-hybridized carbons (Fsp3) is 0.421. The van der Waals surface area contributed by atoms with Crippen molar-refractivity contribution in [2.45, 2.75) is 30.8 Å². The third-order valence-electron chi connectivity index (χ3n) is 5.62. The second-order valence-corrected chi connectivity index (χ2v) is 7.66. The van der Waals surface area contributed by atoms with E-state index in [1.165, 1.54) is 30.5 Å². The molecule has 162 valence electrons. The van der Waals surface area contributed by atoms with Crippen LogP contribution in [-0.4, -0.2) is 65.1 Å². The Kier molecular flexibility index (Phi) is 4.38. The molecule has 2 aromatic rings. The number of nitrogens with zero attached hydrogens (tertiary/aromatic N) is 5. The average Bonchev–Trinajstić information content (AvgIpc) is 3.15. The summed E-state index contributed by atoms with van der Waals surface area (Å²) in [7, 11) is 1.45. The molecule has 2 unspecified atom stereocenters. The van der Waals surface area contributed by atoms with E-state index in [2.05, 4.69) is 30.5 Å². The topological polar surface area (TPSA) is 113 Å². The largest absolute Gasteiger partial charge is 0.481 e. The van der Waals surface area contributed by atoms with E-state index in [0.29, 0.717) is 23.9 Å². The van der Waals surface area contributed by atoms with E-state index in [4.69, 9.17) is 4.74 Å². The van der Waals surface area contributed by atoms with E-state index in [-0.39, 0.29) is 24.0 Å². The smallest absolute Gasteiger partial charge is 0.329 e. The van der Waals surface area contributed by atoms with Gasteiger partial charge in [0.15, 0.2) is 5.82 Å². The number of urea groups is 1. The Morgan fingerprint density at radius 3 is 2.84 bits per heavy atom. The van der Waals surface area contributed by atoms with Crippen LogP contribution >= 0.6 is 0 Å². The van der Waals surface area contributed by atoms with Crippen molar-refractivity contribution in [1.82, 2.24) is 20.3 Å². The molecular formula is C19H19F2N7O3. The van der Waals surface area contributed by atoms with Gasteiger partial charge in [0, 0.05) is 25.6 Å². The third-order valence-corrected chi connectivity index (χ3v) is 5.62. The first-order chi connectivity index (χ1) is 14.9. The molecule has 0 radical (unpaired) electrons. The number of carbonyl (C=O) groups excluding carboxylic acids is 2. The SMILES string of the molecule is COc1cc(NC(=O)N2c3nc(C(=O)NC4CC4(F)F)ccc3N3CCC2C3)ncn1. The van der Waals surface area contributed by atoms with E-state index in [0.717, 1.165) is 13.0 Å². The summed E-state index contributed by atoms with van der Waals surface area (Å²) in [6.07, 6.45) is 1.62. The second-order valence-electron chi connectivity index (χ2n) is 7.66. The third kappa shape index (κ3) is 3.47. The Labute approximate surface area is 175 Å². The quantitative estimate of drug-likeness (QED) is 0.757. The Hall–Kier alpha value is -3.57. The predicted octanol–water partition coefficient (Wildman–Crippen LogP) is 1.65. The van der Waals surface area contributed by atoms with Crippen molar-refractivity contribution in [2.24, 2.45) is 0 Å². The van der Waals surface area contributed by atoms with Crippen molar-refractivity contribution in [3.05, 3.63) is 30.2 Å². The van der Waals surface area contributed by atoms with Crippen LogP contribution in [0.5, 0.6) is 5.88 Å². The predicted molar refractivity (Wildman–Crippen MR) is 106 cm³/mol. The van der Waals surface area contributed by atoms with Gasteiger partial charge < -0.3 is 15.0 Å². The number of nitrogens with one attached hydrogen (secondary N) is 2. The Balaban J connectivity index is 1.42. The number of pyridine rings is 1. The van der Waals surface area contributed by atoms with Gasteiger partial charge in [0.25, 0.3) is 11.8 Å². The Morgan fingerprint density at radius 2 is 2.10 bits per heavy atom. The van der Waals surface area contributed by atoms with E-state index >= 15 is 0 Å². The average molecular weight is 431 g/mol. The Morgan fingerprint density at radius 1 is 1.29 bits per heavy atom. The van der Waals surface area contributed by atoms with Gasteiger partial charge in [0.1, 0.15) is 17.8 Å². The monoisotopic (exact) mass is 431 g/mol. The molecular weight excluding hydrogens is 412 g/mol. The summed E-state index contributed by atoms with van der Waals surface area (Å²) in [6.45, 7) is 1.37. The molecule has 3 aliphatic rings. The first-order valence-corrected chi connectivity index (χ1v) is 9.76. The normalized spacial score (nSPS) is 22.5. The van der Waals surface area contributed by atoms with Crippen LogP contribution in [0.4, 0.5) is 30.9 Å². The lowest BCUT2D eigenvalue weighted by molar-refractivity contribution is 0.0845. The number of anilines is 3. The summed E-state index contributed by atoms with van der Waals surface area (Å²) >= 11 is 0. The minimum Gasteiger partial charge on any atom is -0.481 e. The zero-order valence-corrected chi connectivity index (χ0v) is 16.5. The second kappa shape index (κ2) is 7.00. The van der Waals surface area contributed by atoms with E-state index < -0.39 is 23.9 Å². The fourth-order valence-corrected chi connectivity index (χ4v) is 3.89. The van der Waals surface area contributed by atoms with Crippen molar-refractivity contribution in [1.29, 1.82) is 0 Å². The number of halogens is 2. The molecule has 3 amide bonds. The molecule has 2 aliphatic heterocycles. The summed E-state index contributed by atoms with van der Waals surface area (Å²) in [5.74, 6) is -2.71. The number of hydrogen-bond acceptors (Lipinski definition) is 7. The van der Waals surface area contributed by atoms with Gasteiger partial charge >= 0.3 is 6.03 Å². The summed E-state index contributed by atoms with van der Waals surface area (Å²) in [6, 6.07) is 2.87. The number of ether oxygens (including phenoxy) is 1. The molecule has 2 aromatic heterocycles. The molecule has 31 heavy (non-hydrogen) atoms. The van der Waals surface area contributed by atoms with E-state index in [1.807, 2.05) is 0 Å². The van der Waals surface area contributed by atoms with E-state index in [1.54, 1.807) is 6.07 Å². The van der Waals surface area contributed by atoms with Gasteiger partial charge in [-0.05, 0) is 18.6 Å². The molecule has 4 heterocycles. The van der Waals surface area contributed by atoms with Gasteiger partial charge in [-0.2, -0.15) is 0 Å². The van der Waals surface area contributed by atoms with Crippen LogP contribution in [0.15, 0.2) is 24.5 Å². The van der Waals surface area contributed by atoms with Crippen LogP contribution in [0.25, 0.3) is 0 Å². The van der Waals surface area contributed by atoms with Crippen LogP contribution < -0.4 is 25.2 Å². The summed E-state index contributed by atoms with van der Waals surface area (Å²) < 4.78 is 31.4. The van der Waals surface area contributed by atoms with Crippen LogP contribution in [0, 0.1) is 0 Å². The number of methoxy groups -OCH3 is 1. The van der Waals surface area contributed by atoms with Gasteiger partial charge in [-0.1, -0.05) is 0 Å². The zero-order valence-electron chi connectivity index (χ0n) is 16.5. The van der Waals surface area contributed by atoms with Gasteiger partial charge in [0.2, 0.25) is 5.88 Å². The maximum atomic E-state index is 13.2. The van der Waals surface area contributed by atoms with Crippen LogP contribution in [0.2, 0.25) is 0 Å². The number of aromatic nitrogens is 3. The maximum Gasteiger partial charge on any atom is 0.329 e. The van der Waals surface area contributed by atoms with Crippen molar-refractivity contribution < 1.29 is 23.1 Å². The number of alkyl halides is 2. The Bertz CT molecular complexity index is 1070. The summed E-state index contributed by atoms with van der Waals surface area (Å²) in [5.41, 5.74) is 0.683. The molecule has 1 saturated heterocycles. The van der Waals surface area contributed by atoms with Crippen molar-refractivity contribution in [3.63, 3.8) is 0 Å². The highest BCUT2D eigenvalue weighted by Gasteiger charge is 2.58. The molecule has 10 nitrogen and oxygen atoms in total. The lowest BCUT2D eigenvalue weighted by Crippen LogP contribution is -2.48. The molecule has 5 rings (SSSR count). The molecule has 2 N–H and O–H groups in total. The molecule has 0 aromatic carbocycles. The number of fused-ring (bicyclic) bond motifs is 4. The van der Waals surface area contributed by atoms with Crippen molar-refractivity contribution in [2.75, 3.05) is 35.3 Å². The highest BCUT2D eigenvalue weighted by molar-refractivity contribution is 6.05. The molecule has 0 spiro atoms. The summed E-state index contributed by atoms with van der Waals surface area (Å²) in [5, 5.41) is 5.00. The van der Waals surface area contributed by atoms with Crippen LogP contribution in [0.3, 0.4) is 0 Å². The van der Waals surface area contributed by atoms with Gasteiger partial charge in [-0.25, -0.2) is 28.5 Å². The maximum absolute atomic E-state index is 13.2. The number of carbonyl (C=O) groups is 2. The molecule has 2 atom stereocenters. The van der Waals surface area contributed by atoms with E-state index in [9.17, 15) is 18.4 Å². The molecule has 1 saturated carbocycles. The zero-order chi connectivity index (χ0) is 21.8. The fourth-order valence-electron chi connectivity index (χ4n) is 3.89. The highest BCUT2D eigenvalue weighted by Crippen LogP contribution is 2.42. The number of hydrogen-bond donors (Lipinski definition) is 2. The van der Waals surface area contributed by atoms with Gasteiger partial charge in [-0.3, -0.25) is 15.0 Å². The van der Waals surface area contributed by atoms with Crippen molar-refractivity contribution in [3.8, 4) is 5.88 Å². The lowest BCUT2D eigenvalue weighted by atomic mass is 10.1. The van der Waals surface area contributed by atoms with Gasteiger partial charge in [-0.15, -0.1) is 0 Å². The number of rotatable bonds is 4. The lowest BCUT2D eigenvalue weighted by Gasteiger charge is -2.35. The first kappa shape index (κ1) is 19.4. The molecule has 2 bridgehead atoms. The minimum absolute atomic E-state index is 0.0227. The molecule has 2 fully saturated rings. The van der Waals surface area contributed by atoms with Crippen molar-refractivity contribution >= 4 is 29.3 Å². The standard InChI is InChI=1S/C19H19F2N7O3/c1-31-15-6-14(22-9-23-15)26-18(30)28-10-4-5-27(8-10)12-3-2-11(24-16(12)28)17(29)25-13-7-19(13,20)21/h2-3,6,9-10,13H,4-5,7-8H2,1H3,(H,25,29)(H,22,23,26,30). The summed E-state index contributed by atoms with van der Waals surface area (Å²) in [4.78, 5) is 41.4. The highest BCUT2D eigenvalue weighted by atomic mass is 19.3. The number of amides is 3. The van der Waals surface area contributed by atoms with Gasteiger partial charge in [0.05, 0.1) is 24.9 Å². The molecule has 12 heteroatoms. The first-order valence-electron chi connectivity index (χ1n) is 9.76. The van der Waals surface area contributed by atoms with Crippen LogP contribution in [0.1, 0.15) is 23.3 Å².